The maximum Gasteiger partial charge on any atom is 0.410 e. The van der Waals surface area contributed by atoms with Crippen LogP contribution < -0.4 is 16.0 Å². The number of likely N-dealkylation sites (tertiary alicyclic amines) is 2. The smallest absolute Gasteiger partial charge is 0.410 e. The third-order valence-corrected chi connectivity index (χ3v) is 10.5. The maximum atomic E-state index is 14.7. The van der Waals surface area contributed by atoms with E-state index in [4.69, 9.17) is 9.47 Å². The Morgan fingerprint density at radius 3 is 2.23 bits per heavy atom. The van der Waals surface area contributed by atoms with E-state index in [1.54, 1.807) is 37.5 Å². The van der Waals surface area contributed by atoms with Gasteiger partial charge < -0.3 is 35.2 Å². The molecule has 3 aromatic carbocycles. The molecule has 14 nitrogen and oxygen atoms in total. The van der Waals surface area contributed by atoms with Gasteiger partial charge in [-0.3, -0.25) is 24.1 Å². The molecule has 0 aliphatic carbocycles. The Morgan fingerprint density at radius 1 is 0.877 bits per heavy atom. The summed E-state index contributed by atoms with van der Waals surface area (Å²) in [6.07, 6.45) is -0.975. The molecule has 3 aromatic rings. The normalized spacial score (nSPS) is 18.9. The zero-order valence-electron chi connectivity index (χ0n) is 34.2. The van der Waals surface area contributed by atoms with Crippen LogP contribution in [0.15, 0.2) is 72.8 Å². The van der Waals surface area contributed by atoms with E-state index in [0.29, 0.717) is 12.1 Å². The molecule has 6 amide bonds. The molecule has 5 unspecified atom stereocenters. The molecular weight excluding hydrogens is 729 g/mol. The van der Waals surface area contributed by atoms with Crippen molar-refractivity contribution in [2.45, 2.75) is 97.7 Å². The van der Waals surface area contributed by atoms with Crippen LogP contribution in [0.3, 0.4) is 0 Å². The topological polar surface area (TPSA) is 167 Å². The molecule has 0 aromatic heterocycles. The second-order valence-corrected chi connectivity index (χ2v) is 17.0. The Bertz CT molecular complexity index is 1950. The predicted octanol–water partition coefficient (Wildman–Crippen LogP) is 5.31. The third-order valence-electron chi connectivity index (χ3n) is 10.5. The standard InChI is InChI=1S/C43H56N6O8/c1-27(47(8)41(55)57-43(5,6)7)38(52)46-37(42(2,3)4)39(53)48-22-21-33-36(48)30(23-34(50)45-32-20-14-18-29-17-12-13-19-31(29)32)25-49(33)35(51)24-44-40(54)56-26-28-15-10-9-11-16-28/h9-20,27,30,33,36-37H,21-26H2,1-8H3,(H,44,54)(H,45,50)(H,46,52). The van der Waals surface area contributed by atoms with E-state index in [1.807, 2.05) is 93.6 Å². The molecule has 57 heavy (non-hydrogen) atoms. The molecular formula is C43H56N6O8. The van der Waals surface area contributed by atoms with Gasteiger partial charge in [0.05, 0.1) is 12.1 Å². The molecule has 5 rings (SSSR count). The van der Waals surface area contributed by atoms with Crippen LogP contribution in [0, 0.1) is 11.3 Å². The number of alkyl carbamates (subject to hydrolysis) is 1. The third kappa shape index (κ3) is 10.6. The first-order chi connectivity index (χ1) is 26.8. The van der Waals surface area contributed by atoms with Gasteiger partial charge in [0.15, 0.2) is 0 Å². The average Bonchev–Trinajstić information content (AvgIpc) is 3.75. The van der Waals surface area contributed by atoms with Gasteiger partial charge in [-0.15, -0.1) is 0 Å². The molecule has 0 radical (unpaired) electrons. The molecule has 2 fully saturated rings. The van der Waals surface area contributed by atoms with E-state index in [0.717, 1.165) is 16.3 Å². The number of likely N-dealkylation sites (N-methyl/N-ethyl adjacent to an activating group) is 1. The molecule has 14 heteroatoms. The zero-order valence-corrected chi connectivity index (χ0v) is 34.2. The van der Waals surface area contributed by atoms with E-state index in [1.165, 1.54) is 11.9 Å². The summed E-state index contributed by atoms with van der Waals surface area (Å²) in [5.74, 6) is -1.99. The monoisotopic (exact) mass is 784 g/mol. The lowest BCUT2D eigenvalue weighted by Gasteiger charge is -2.38. The summed E-state index contributed by atoms with van der Waals surface area (Å²) in [6, 6.07) is 19.6. The van der Waals surface area contributed by atoms with Crippen molar-refractivity contribution in [1.29, 1.82) is 0 Å². The van der Waals surface area contributed by atoms with Gasteiger partial charge >= 0.3 is 12.2 Å². The van der Waals surface area contributed by atoms with Gasteiger partial charge in [-0.2, -0.15) is 0 Å². The van der Waals surface area contributed by atoms with E-state index in [-0.39, 0.29) is 50.4 Å². The van der Waals surface area contributed by atoms with Gasteiger partial charge in [0.1, 0.15) is 30.8 Å². The number of anilines is 1. The van der Waals surface area contributed by atoms with Crippen molar-refractivity contribution in [2.24, 2.45) is 11.3 Å². The Balaban J connectivity index is 1.34. The molecule has 3 N–H and O–H groups in total. The van der Waals surface area contributed by atoms with Crippen LogP contribution in [0.1, 0.15) is 66.9 Å². The highest BCUT2D eigenvalue weighted by atomic mass is 16.6. The van der Waals surface area contributed by atoms with Crippen LogP contribution in [0.5, 0.6) is 0 Å². The number of benzene rings is 3. The molecule has 2 heterocycles. The summed E-state index contributed by atoms with van der Waals surface area (Å²) in [4.78, 5) is 85.7. The van der Waals surface area contributed by atoms with Crippen LogP contribution in [0.4, 0.5) is 15.3 Å². The summed E-state index contributed by atoms with van der Waals surface area (Å²) in [6.45, 7) is 12.4. The molecule has 2 aliphatic heterocycles. The van der Waals surface area contributed by atoms with E-state index in [9.17, 15) is 28.8 Å². The number of fused-ring (bicyclic) bond motifs is 2. The van der Waals surface area contributed by atoms with Gasteiger partial charge in [0.25, 0.3) is 0 Å². The van der Waals surface area contributed by atoms with Crippen LogP contribution in [-0.4, -0.2) is 107 Å². The number of hydrogen-bond acceptors (Lipinski definition) is 8. The van der Waals surface area contributed by atoms with Crippen LogP contribution in [0.2, 0.25) is 0 Å². The number of nitrogens with zero attached hydrogens (tertiary/aromatic N) is 3. The Hall–Kier alpha value is -5.66. The highest BCUT2D eigenvalue weighted by Crippen LogP contribution is 2.39. The Labute approximate surface area is 334 Å². The average molecular weight is 785 g/mol. The number of nitrogens with one attached hydrogen (secondary N) is 3. The first-order valence-electron chi connectivity index (χ1n) is 19.4. The summed E-state index contributed by atoms with van der Waals surface area (Å²) in [5.41, 5.74) is -0.0673. The number of carbonyl (C=O) groups is 6. The van der Waals surface area contributed by atoms with Gasteiger partial charge in [-0.25, -0.2) is 9.59 Å². The quantitative estimate of drug-likeness (QED) is 0.235. The second-order valence-electron chi connectivity index (χ2n) is 17.0. The molecule has 2 saturated heterocycles. The fraction of sp³-hybridized carbons (Fsp3) is 0.488. The van der Waals surface area contributed by atoms with E-state index in [2.05, 4.69) is 16.0 Å². The van der Waals surface area contributed by atoms with Crippen molar-refractivity contribution >= 4 is 52.3 Å². The largest absolute Gasteiger partial charge is 0.445 e. The summed E-state index contributed by atoms with van der Waals surface area (Å²) >= 11 is 0. The Morgan fingerprint density at radius 2 is 1.54 bits per heavy atom. The van der Waals surface area contributed by atoms with Crippen molar-refractivity contribution in [3.63, 3.8) is 0 Å². The minimum absolute atomic E-state index is 0.00869. The van der Waals surface area contributed by atoms with Gasteiger partial charge in [0.2, 0.25) is 23.6 Å². The van der Waals surface area contributed by atoms with Crippen LogP contribution in [-0.2, 0) is 35.3 Å². The number of amides is 6. The van der Waals surface area contributed by atoms with E-state index >= 15 is 0 Å². The fourth-order valence-corrected chi connectivity index (χ4v) is 7.48. The Kier molecular flexibility index (Phi) is 13.2. The molecule has 2 aliphatic rings. The maximum absolute atomic E-state index is 14.7. The summed E-state index contributed by atoms with van der Waals surface area (Å²) in [5, 5.41) is 10.4. The number of ether oxygens (including phenoxy) is 2. The van der Waals surface area contributed by atoms with E-state index < -0.39 is 59.2 Å². The highest BCUT2D eigenvalue weighted by Gasteiger charge is 2.53. The first kappa shape index (κ1) is 42.5. The summed E-state index contributed by atoms with van der Waals surface area (Å²) < 4.78 is 10.8. The van der Waals surface area contributed by atoms with Gasteiger partial charge in [0, 0.05) is 43.5 Å². The number of carbonyl (C=O) groups excluding carboxylic acids is 6. The lowest BCUT2D eigenvalue weighted by atomic mass is 9.85. The predicted molar refractivity (Wildman–Crippen MR) is 216 cm³/mol. The minimum atomic E-state index is -1.01. The molecule has 0 saturated carbocycles. The first-order valence-corrected chi connectivity index (χ1v) is 19.4. The highest BCUT2D eigenvalue weighted by molar-refractivity contribution is 6.02. The SMILES string of the molecule is CC(C(=O)NC(C(=O)N1CCC2C1C(CC(=O)Nc1cccc3ccccc13)CN2C(=O)CNC(=O)OCc1ccccc1)C(C)(C)C)N(C)C(=O)OC(C)(C)C. The van der Waals surface area contributed by atoms with Crippen molar-refractivity contribution in [2.75, 3.05) is 32.0 Å². The fourth-order valence-electron chi connectivity index (χ4n) is 7.48. The molecule has 306 valence electrons. The van der Waals surface area contributed by atoms with Crippen molar-refractivity contribution in [1.82, 2.24) is 25.3 Å². The van der Waals surface area contributed by atoms with Crippen molar-refractivity contribution < 1.29 is 38.2 Å². The molecule has 0 spiro atoms. The molecule has 5 atom stereocenters. The zero-order chi connectivity index (χ0) is 41.7. The number of rotatable bonds is 11. The van der Waals surface area contributed by atoms with Gasteiger partial charge in [-0.1, -0.05) is 87.5 Å². The van der Waals surface area contributed by atoms with Crippen molar-refractivity contribution in [3.05, 3.63) is 78.4 Å². The van der Waals surface area contributed by atoms with Crippen LogP contribution in [0.25, 0.3) is 10.8 Å². The van der Waals surface area contributed by atoms with Crippen LogP contribution >= 0.6 is 0 Å². The van der Waals surface area contributed by atoms with Crippen molar-refractivity contribution in [3.8, 4) is 0 Å². The minimum Gasteiger partial charge on any atom is -0.445 e. The summed E-state index contributed by atoms with van der Waals surface area (Å²) in [7, 11) is 1.47. The van der Waals surface area contributed by atoms with Gasteiger partial charge in [-0.05, 0) is 56.5 Å². The number of hydrogen-bond donors (Lipinski definition) is 3. The molecule has 0 bridgehead atoms. The lowest BCUT2D eigenvalue weighted by Crippen LogP contribution is -2.59. The second kappa shape index (κ2) is 17.6. The lowest BCUT2D eigenvalue weighted by molar-refractivity contribution is -0.142.